The van der Waals surface area contributed by atoms with Gasteiger partial charge >= 0.3 is 0 Å². The Morgan fingerprint density at radius 3 is 2.53 bits per heavy atom. The summed E-state index contributed by atoms with van der Waals surface area (Å²) in [7, 11) is 0. The molecule has 2 saturated heterocycles. The van der Waals surface area contributed by atoms with Gasteiger partial charge in [-0.3, -0.25) is 19.3 Å². The number of carbonyl (C=O) groups is 3. The summed E-state index contributed by atoms with van der Waals surface area (Å²) in [5.41, 5.74) is 2.53. The van der Waals surface area contributed by atoms with E-state index in [4.69, 9.17) is 4.74 Å². The van der Waals surface area contributed by atoms with E-state index in [1.807, 2.05) is 60.7 Å². The van der Waals surface area contributed by atoms with E-state index in [0.717, 1.165) is 41.0 Å². The van der Waals surface area contributed by atoms with Crippen molar-refractivity contribution in [2.45, 2.75) is 0 Å². The van der Waals surface area contributed by atoms with E-state index < -0.39 is 17.1 Å². The molecule has 32 heavy (non-hydrogen) atoms. The van der Waals surface area contributed by atoms with Gasteiger partial charge in [0.2, 0.25) is 5.91 Å². The van der Waals surface area contributed by atoms with Crippen LogP contribution in [0.1, 0.15) is 5.56 Å². The number of rotatable bonds is 6. The normalized spacial score (nSPS) is 18.1. The maximum Gasteiger partial charge on any atom is 0.294 e. The molecule has 8 heteroatoms. The van der Waals surface area contributed by atoms with Crippen LogP contribution in [0.15, 0.2) is 71.7 Å². The fourth-order valence-corrected chi connectivity index (χ4v) is 4.24. The highest BCUT2D eigenvalue weighted by Crippen LogP contribution is 2.31. The van der Waals surface area contributed by atoms with Crippen molar-refractivity contribution < 1.29 is 19.1 Å². The molecule has 2 aliphatic rings. The first-order valence-electron chi connectivity index (χ1n) is 10.3. The summed E-state index contributed by atoms with van der Waals surface area (Å²) in [6.45, 7) is 2.39. The summed E-state index contributed by atoms with van der Waals surface area (Å²) in [6.07, 6.45) is 5.18. The summed E-state index contributed by atoms with van der Waals surface area (Å²) < 4.78 is 5.39. The van der Waals surface area contributed by atoms with Crippen LogP contribution in [0.2, 0.25) is 0 Å². The SMILES string of the molecule is O=C(CN1C(=O)S/C(=C/C=C\c2ccccc2)C1=O)Nc1ccccc1N1CCOCC1. The van der Waals surface area contributed by atoms with Crippen LogP contribution in [-0.2, 0) is 14.3 Å². The fourth-order valence-electron chi connectivity index (χ4n) is 3.45. The third-order valence-corrected chi connectivity index (χ3v) is 5.97. The van der Waals surface area contributed by atoms with Crippen LogP contribution < -0.4 is 10.2 Å². The number of nitrogens with one attached hydrogen (secondary N) is 1. The number of morpholine rings is 1. The quantitative estimate of drug-likeness (QED) is 0.677. The first kappa shape index (κ1) is 21.9. The second-order valence-electron chi connectivity index (χ2n) is 7.22. The first-order valence-corrected chi connectivity index (χ1v) is 11.1. The molecule has 0 aliphatic carbocycles. The number of imide groups is 1. The third-order valence-electron chi connectivity index (χ3n) is 5.04. The molecule has 4 rings (SSSR count). The second-order valence-corrected chi connectivity index (χ2v) is 8.22. The maximum atomic E-state index is 12.7. The Kier molecular flexibility index (Phi) is 7.03. The van der Waals surface area contributed by atoms with Crippen LogP contribution in [0.4, 0.5) is 16.2 Å². The molecule has 2 fully saturated rings. The Morgan fingerprint density at radius 2 is 1.75 bits per heavy atom. The Bertz CT molecular complexity index is 1060. The van der Waals surface area contributed by atoms with E-state index in [1.54, 1.807) is 12.2 Å². The lowest BCUT2D eigenvalue weighted by molar-refractivity contribution is -0.127. The molecule has 2 aromatic rings. The fraction of sp³-hybridized carbons (Fsp3) is 0.208. The minimum Gasteiger partial charge on any atom is -0.378 e. The number of hydrogen-bond donors (Lipinski definition) is 1. The van der Waals surface area contributed by atoms with Gasteiger partial charge in [0, 0.05) is 13.1 Å². The number of benzene rings is 2. The lowest BCUT2D eigenvalue weighted by Crippen LogP contribution is -2.38. The van der Waals surface area contributed by atoms with Crippen LogP contribution in [0.5, 0.6) is 0 Å². The molecule has 3 amide bonds. The number of carbonyl (C=O) groups excluding carboxylic acids is 3. The van der Waals surface area contributed by atoms with Gasteiger partial charge in [0.25, 0.3) is 11.1 Å². The van der Waals surface area contributed by atoms with Crippen LogP contribution in [0.3, 0.4) is 0 Å². The van der Waals surface area contributed by atoms with Gasteiger partial charge in [0.05, 0.1) is 29.5 Å². The highest BCUT2D eigenvalue weighted by atomic mass is 32.2. The van der Waals surface area contributed by atoms with E-state index in [2.05, 4.69) is 10.2 Å². The van der Waals surface area contributed by atoms with E-state index in [1.165, 1.54) is 0 Å². The minimum absolute atomic E-state index is 0.295. The van der Waals surface area contributed by atoms with Crippen molar-refractivity contribution in [3.8, 4) is 0 Å². The van der Waals surface area contributed by atoms with E-state index in [-0.39, 0.29) is 6.54 Å². The zero-order valence-electron chi connectivity index (χ0n) is 17.4. The second kappa shape index (κ2) is 10.3. The third kappa shape index (κ3) is 5.27. The van der Waals surface area contributed by atoms with Crippen molar-refractivity contribution in [1.82, 2.24) is 4.90 Å². The molecule has 0 atom stereocenters. The molecule has 0 saturated carbocycles. The van der Waals surface area contributed by atoms with Gasteiger partial charge in [-0.2, -0.15) is 0 Å². The Labute approximate surface area is 190 Å². The Morgan fingerprint density at radius 1 is 1.03 bits per heavy atom. The number of amides is 3. The highest BCUT2D eigenvalue weighted by Gasteiger charge is 2.36. The molecule has 2 heterocycles. The van der Waals surface area contributed by atoms with Crippen molar-refractivity contribution >= 4 is 46.3 Å². The number of hydrogen-bond acceptors (Lipinski definition) is 6. The van der Waals surface area contributed by atoms with E-state index in [0.29, 0.717) is 23.8 Å². The summed E-state index contributed by atoms with van der Waals surface area (Å²) in [5, 5.41) is 2.39. The van der Waals surface area contributed by atoms with Gasteiger partial charge in [0.1, 0.15) is 6.54 Å². The lowest BCUT2D eigenvalue weighted by atomic mass is 10.2. The largest absolute Gasteiger partial charge is 0.378 e. The molecular formula is C24H23N3O4S. The van der Waals surface area contributed by atoms with Crippen molar-refractivity contribution in [1.29, 1.82) is 0 Å². The Hall–Kier alpha value is -3.36. The maximum absolute atomic E-state index is 12.7. The summed E-state index contributed by atoms with van der Waals surface area (Å²) in [4.78, 5) is 41.0. The number of anilines is 2. The van der Waals surface area contributed by atoms with Gasteiger partial charge < -0.3 is 15.0 Å². The molecule has 0 aromatic heterocycles. The van der Waals surface area contributed by atoms with Crippen LogP contribution in [0.25, 0.3) is 6.08 Å². The average Bonchev–Trinajstić information content (AvgIpc) is 3.08. The summed E-state index contributed by atoms with van der Waals surface area (Å²) in [6, 6.07) is 17.1. The number of thioether (sulfide) groups is 1. The summed E-state index contributed by atoms with van der Waals surface area (Å²) in [5.74, 6) is -0.886. The van der Waals surface area contributed by atoms with Crippen LogP contribution >= 0.6 is 11.8 Å². The van der Waals surface area contributed by atoms with E-state index in [9.17, 15) is 14.4 Å². The smallest absolute Gasteiger partial charge is 0.294 e. The van der Waals surface area contributed by atoms with Crippen molar-refractivity contribution in [3.63, 3.8) is 0 Å². The minimum atomic E-state index is -0.464. The predicted octanol–water partition coefficient (Wildman–Crippen LogP) is 3.75. The molecular weight excluding hydrogens is 426 g/mol. The van der Waals surface area contributed by atoms with Gasteiger partial charge in [0.15, 0.2) is 0 Å². The van der Waals surface area contributed by atoms with Crippen molar-refractivity contribution in [2.24, 2.45) is 0 Å². The Balaban J connectivity index is 1.39. The number of para-hydroxylation sites is 2. The summed E-state index contributed by atoms with van der Waals surface area (Å²) >= 11 is 0.836. The van der Waals surface area contributed by atoms with E-state index >= 15 is 0 Å². The lowest BCUT2D eigenvalue weighted by Gasteiger charge is -2.30. The number of ether oxygens (including phenoxy) is 1. The van der Waals surface area contributed by atoms with Crippen LogP contribution in [0, 0.1) is 0 Å². The zero-order chi connectivity index (χ0) is 22.3. The zero-order valence-corrected chi connectivity index (χ0v) is 18.2. The van der Waals surface area contributed by atoms with Gasteiger partial charge in [-0.1, -0.05) is 54.6 Å². The van der Waals surface area contributed by atoms with Gasteiger partial charge in [-0.05, 0) is 35.5 Å². The predicted molar refractivity (Wildman–Crippen MR) is 126 cm³/mol. The van der Waals surface area contributed by atoms with Crippen LogP contribution in [-0.4, -0.2) is 54.8 Å². The molecule has 0 bridgehead atoms. The first-order chi connectivity index (χ1) is 15.6. The molecule has 2 aliphatic heterocycles. The molecule has 2 aromatic carbocycles. The topological polar surface area (TPSA) is 79.0 Å². The van der Waals surface area contributed by atoms with Gasteiger partial charge in [-0.15, -0.1) is 0 Å². The average molecular weight is 450 g/mol. The monoisotopic (exact) mass is 449 g/mol. The number of nitrogens with zero attached hydrogens (tertiary/aromatic N) is 2. The molecule has 7 nitrogen and oxygen atoms in total. The molecule has 164 valence electrons. The van der Waals surface area contributed by atoms with Crippen molar-refractivity contribution in [2.75, 3.05) is 43.1 Å². The van der Waals surface area contributed by atoms with Crippen molar-refractivity contribution in [3.05, 3.63) is 77.2 Å². The molecule has 0 unspecified atom stereocenters. The molecule has 1 N–H and O–H groups in total. The standard InChI is InChI=1S/C24H23N3O4S/c28-22(25-19-10-4-5-11-20(19)26-13-15-31-16-14-26)17-27-23(29)21(32-24(27)30)12-6-9-18-7-2-1-3-8-18/h1-12H,13-17H2,(H,25,28)/b9-6-,21-12+. The molecule has 0 radical (unpaired) electrons. The van der Waals surface area contributed by atoms with Gasteiger partial charge in [-0.25, -0.2) is 0 Å². The highest BCUT2D eigenvalue weighted by molar-refractivity contribution is 8.18. The number of allylic oxidation sites excluding steroid dienone is 2. The molecule has 0 spiro atoms.